The molecule has 0 atom stereocenters. The first-order valence-electron chi connectivity index (χ1n) is 6.61. The number of halogens is 1. The van der Waals surface area contributed by atoms with E-state index < -0.39 is 0 Å². The van der Waals surface area contributed by atoms with Gasteiger partial charge < -0.3 is 4.74 Å². The second-order valence-corrected chi connectivity index (χ2v) is 5.82. The zero-order valence-corrected chi connectivity index (χ0v) is 13.8. The summed E-state index contributed by atoms with van der Waals surface area (Å²) >= 11 is 2.17. The van der Waals surface area contributed by atoms with E-state index in [1.54, 1.807) is 6.92 Å². The van der Waals surface area contributed by atoms with Gasteiger partial charge in [0.15, 0.2) is 5.78 Å². The first-order valence-corrected chi connectivity index (χ1v) is 7.69. The molecule has 2 nitrogen and oxygen atoms in total. The molecule has 0 saturated heterocycles. The van der Waals surface area contributed by atoms with Crippen LogP contribution in [0.25, 0.3) is 0 Å². The summed E-state index contributed by atoms with van der Waals surface area (Å²) in [5.74, 6) is 0.873. The standard InChI is InChI=1S/C17H17IO2/c1-3-13-5-4-6-14(9-13)11-20-15-7-8-16(12(2)19)17(18)10-15/h4-10H,3,11H2,1-2H3. The summed E-state index contributed by atoms with van der Waals surface area (Å²) in [6, 6.07) is 14.0. The van der Waals surface area contributed by atoms with Gasteiger partial charge in [0.2, 0.25) is 0 Å². The Balaban J connectivity index is 2.07. The van der Waals surface area contributed by atoms with E-state index in [9.17, 15) is 4.79 Å². The zero-order valence-electron chi connectivity index (χ0n) is 11.7. The van der Waals surface area contributed by atoms with E-state index in [0.717, 1.165) is 26.9 Å². The number of benzene rings is 2. The summed E-state index contributed by atoms with van der Waals surface area (Å²) in [6.45, 7) is 4.26. The summed E-state index contributed by atoms with van der Waals surface area (Å²) in [7, 11) is 0. The van der Waals surface area contributed by atoms with E-state index in [0.29, 0.717) is 6.61 Å². The number of ether oxygens (including phenoxy) is 1. The molecule has 2 aromatic rings. The van der Waals surface area contributed by atoms with Crippen LogP contribution in [0.2, 0.25) is 0 Å². The molecule has 0 aromatic heterocycles. The fourth-order valence-corrected chi connectivity index (χ4v) is 2.84. The SMILES string of the molecule is CCc1cccc(COc2ccc(C(C)=O)c(I)c2)c1. The van der Waals surface area contributed by atoms with Gasteiger partial charge in [-0.2, -0.15) is 0 Å². The molecular weight excluding hydrogens is 363 g/mol. The van der Waals surface area contributed by atoms with Crippen LogP contribution in [0, 0.1) is 3.57 Å². The van der Waals surface area contributed by atoms with Gasteiger partial charge in [0.1, 0.15) is 12.4 Å². The second-order valence-electron chi connectivity index (χ2n) is 4.66. The van der Waals surface area contributed by atoms with Crippen LogP contribution < -0.4 is 4.74 Å². The van der Waals surface area contributed by atoms with E-state index >= 15 is 0 Å². The smallest absolute Gasteiger partial charge is 0.160 e. The Kier molecular flexibility index (Phi) is 5.17. The molecule has 0 aliphatic heterocycles. The van der Waals surface area contributed by atoms with E-state index in [2.05, 4.69) is 53.8 Å². The molecule has 2 rings (SSSR count). The molecule has 0 fully saturated rings. The number of hydrogen-bond acceptors (Lipinski definition) is 2. The van der Waals surface area contributed by atoms with Crippen LogP contribution in [0.5, 0.6) is 5.75 Å². The van der Waals surface area contributed by atoms with Gasteiger partial charge in [-0.1, -0.05) is 31.2 Å². The molecule has 3 heteroatoms. The number of hydrogen-bond donors (Lipinski definition) is 0. The lowest BCUT2D eigenvalue weighted by atomic mass is 10.1. The highest BCUT2D eigenvalue weighted by Crippen LogP contribution is 2.21. The molecule has 0 amide bonds. The minimum Gasteiger partial charge on any atom is -0.489 e. The fraction of sp³-hybridized carbons (Fsp3) is 0.235. The van der Waals surface area contributed by atoms with Crippen molar-refractivity contribution >= 4 is 28.4 Å². The van der Waals surface area contributed by atoms with Gasteiger partial charge >= 0.3 is 0 Å². The molecule has 0 N–H and O–H groups in total. The van der Waals surface area contributed by atoms with Crippen molar-refractivity contribution in [1.29, 1.82) is 0 Å². The Morgan fingerprint density at radius 1 is 1.15 bits per heavy atom. The molecule has 0 radical (unpaired) electrons. The van der Waals surface area contributed by atoms with Crippen molar-refractivity contribution in [3.8, 4) is 5.75 Å². The van der Waals surface area contributed by atoms with E-state index in [4.69, 9.17) is 4.74 Å². The average Bonchev–Trinajstić information content (AvgIpc) is 2.45. The van der Waals surface area contributed by atoms with Crippen molar-refractivity contribution in [2.24, 2.45) is 0 Å². The van der Waals surface area contributed by atoms with E-state index in [-0.39, 0.29) is 5.78 Å². The maximum absolute atomic E-state index is 11.4. The number of ketones is 1. The topological polar surface area (TPSA) is 26.3 Å². The molecule has 0 aliphatic rings. The summed E-state index contributed by atoms with van der Waals surface area (Å²) < 4.78 is 6.72. The van der Waals surface area contributed by atoms with Crippen molar-refractivity contribution in [2.45, 2.75) is 26.9 Å². The quantitative estimate of drug-likeness (QED) is 0.558. The molecule has 0 heterocycles. The van der Waals surface area contributed by atoms with Gasteiger partial charge in [-0.15, -0.1) is 0 Å². The van der Waals surface area contributed by atoms with Crippen LogP contribution >= 0.6 is 22.6 Å². The van der Waals surface area contributed by atoms with Crippen molar-refractivity contribution < 1.29 is 9.53 Å². The number of carbonyl (C=O) groups excluding carboxylic acids is 1. The first kappa shape index (κ1) is 15.0. The van der Waals surface area contributed by atoms with Crippen LogP contribution in [0.15, 0.2) is 42.5 Å². The predicted octanol–water partition coefficient (Wildman–Crippen LogP) is 4.64. The number of Topliss-reactive ketones (excluding diaryl/α,β-unsaturated/α-hetero) is 1. The van der Waals surface area contributed by atoms with Crippen LogP contribution in [-0.2, 0) is 13.0 Å². The van der Waals surface area contributed by atoms with Gasteiger partial charge in [-0.3, -0.25) is 4.79 Å². The maximum Gasteiger partial charge on any atom is 0.160 e. The lowest BCUT2D eigenvalue weighted by molar-refractivity contribution is 0.101. The monoisotopic (exact) mass is 380 g/mol. The van der Waals surface area contributed by atoms with Gasteiger partial charge in [0.05, 0.1) is 0 Å². The molecule has 0 bridgehead atoms. The Morgan fingerprint density at radius 3 is 2.55 bits per heavy atom. The molecule has 104 valence electrons. The Morgan fingerprint density at radius 2 is 1.90 bits per heavy atom. The number of rotatable bonds is 5. The Labute approximate surface area is 133 Å². The van der Waals surface area contributed by atoms with E-state index in [1.165, 1.54) is 5.56 Å². The predicted molar refractivity (Wildman–Crippen MR) is 89.3 cm³/mol. The third-order valence-corrected chi connectivity index (χ3v) is 4.02. The van der Waals surface area contributed by atoms with Gasteiger partial charge in [0, 0.05) is 9.13 Å². The van der Waals surface area contributed by atoms with Gasteiger partial charge in [0.25, 0.3) is 0 Å². The molecule has 20 heavy (non-hydrogen) atoms. The highest BCUT2D eigenvalue weighted by atomic mass is 127. The van der Waals surface area contributed by atoms with Crippen molar-refractivity contribution in [1.82, 2.24) is 0 Å². The lowest BCUT2D eigenvalue weighted by Gasteiger charge is -2.09. The molecule has 2 aromatic carbocycles. The zero-order chi connectivity index (χ0) is 14.5. The third-order valence-electron chi connectivity index (χ3n) is 3.12. The summed E-state index contributed by atoms with van der Waals surface area (Å²) in [4.78, 5) is 11.4. The molecule has 0 aliphatic carbocycles. The molecule has 0 saturated carbocycles. The summed E-state index contributed by atoms with van der Waals surface area (Å²) in [5.41, 5.74) is 3.22. The lowest BCUT2D eigenvalue weighted by Crippen LogP contribution is -1.99. The van der Waals surface area contributed by atoms with Gasteiger partial charge in [-0.25, -0.2) is 0 Å². The van der Waals surface area contributed by atoms with Gasteiger partial charge in [-0.05, 0) is 65.3 Å². The van der Waals surface area contributed by atoms with E-state index in [1.807, 2.05) is 18.2 Å². The van der Waals surface area contributed by atoms with Crippen LogP contribution in [0.1, 0.15) is 35.3 Å². The highest BCUT2D eigenvalue weighted by molar-refractivity contribution is 14.1. The minimum atomic E-state index is 0.0802. The minimum absolute atomic E-state index is 0.0802. The second kappa shape index (κ2) is 6.88. The van der Waals surface area contributed by atoms with Crippen molar-refractivity contribution in [2.75, 3.05) is 0 Å². The fourth-order valence-electron chi connectivity index (χ4n) is 1.98. The Hall–Kier alpha value is -1.36. The third kappa shape index (κ3) is 3.82. The van der Waals surface area contributed by atoms with Crippen molar-refractivity contribution in [3.63, 3.8) is 0 Å². The molecule has 0 spiro atoms. The first-order chi connectivity index (χ1) is 9.60. The normalized spacial score (nSPS) is 10.3. The number of carbonyl (C=O) groups is 1. The summed E-state index contributed by atoms with van der Waals surface area (Å²) in [5, 5.41) is 0. The molecular formula is C17H17IO2. The largest absolute Gasteiger partial charge is 0.489 e. The Bertz CT molecular complexity index is 620. The maximum atomic E-state index is 11.4. The molecule has 0 unspecified atom stereocenters. The van der Waals surface area contributed by atoms with Crippen LogP contribution in [0.4, 0.5) is 0 Å². The van der Waals surface area contributed by atoms with Crippen LogP contribution in [-0.4, -0.2) is 5.78 Å². The van der Waals surface area contributed by atoms with Crippen molar-refractivity contribution in [3.05, 3.63) is 62.7 Å². The number of aryl methyl sites for hydroxylation is 1. The average molecular weight is 380 g/mol. The summed E-state index contributed by atoms with van der Waals surface area (Å²) in [6.07, 6.45) is 1.03. The highest BCUT2D eigenvalue weighted by Gasteiger charge is 2.06. The van der Waals surface area contributed by atoms with Crippen LogP contribution in [0.3, 0.4) is 0 Å².